The molecular weight excluding hydrogens is 372 g/mol. The van der Waals surface area contributed by atoms with Gasteiger partial charge in [0.1, 0.15) is 11.0 Å². The quantitative estimate of drug-likeness (QED) is 0.135. The molecule has 4 amide bonds. The summed E-state index contributed by atoms with van der Waals surface area (Å²) in [5, 5.41) is 31.2. The number of carboxylic acids is 1. The first-order valence-electron chi connectivity index (χ1n) is 7.21. The molecule has 0 spiro atoms. The lowest BCUT2D eigenvalue weighted by atomic mass is 10.2. The molecule has 0 fully saturated rings. The normalized spacial score (nSPS) is 14.9. The lowest BCUT2D eigenvalue weighted by molar-refractivity contribution is -0.141. The van der Waals surface area contributed by atoms with Crippen LogP contribution in [0.1, 0.15) is 13.3 Å². The fourth-order valence-corrected chi connectivity index (χ4v) is 1.72. The Morgan fingerprint density at radius 3 is 2.15 bits per heavy atom. The monoisotopic (exact) mass is 394 g/mol. The van der Waals surface area contributed by atoms with Crippen molar-refractivity contribution in [2.24, 2.45) is 11.5 Å². The van der Waals surface area contributed by atoms with E-state index in [0.29, 0.717) is 0 Å². The fourth-order valence-electron chi connectivity index (χ4n) is 1.53. The summed E-state index contributed by atoms with van der Waals surface area (Å²) in [6.07, 6.45) is -1.86. The van der Waals surface area contributed by atoms with Gasteiger partial charge in [-0.05, 0) is 6.92 Å². The summed E-state index contributed by atoms with van der Waals surface area (Å²) < 4.78 is 0. The summed E-state index contributed by atoms with van der Waals surface area (Å²) in [7, 11) is 0. The van der Waals surface area contributed by atoms with E-state index in [9.17, 15) is 24.3 Å². The Balaban J connectivity index is 4.90. The molecule has 1 unspecified atom stereocenters. The predicted molar refractivity (Wildman–Crippen MR) is 91.3 cm³/mol. The summed E-state index contributed by atoms with van der Waals surface area (Å²) in [5.41, 5.74) is 14.6. The van der Waals surface area contributed by atoms with Crippen molar-refractivity contribution >= 4 is 41.0 Å². The number of carboxylic acid groups (broad SMARTS) is 1. The third kappa shape index (κ3) is 8.52. The Bertz CT molecular complexity index is 558. The summed E-state index contributed by atoms with van der Waals surface area (Å²) in [5.74, 6) is -3.13. The molecule has 13 nitrogen and oxygen atoms in total. The molecule has 0 saturated carbocycles. The SMILES string of the molecule is CC(O)[C@H](NC(=O)N[C@@H](CC(N)=O)C(=S)NNC(=O)[C@@H](N)CO)C(=O)O. The first-order chi connectivity index (χ1) is 12.0. The maximum absolute atomic E-state index is 11.9. The number of aliphatic hydroxyl groups is 2. The van der Waals surface area contributed by atoms with Gasteiger partial charge in [0.2, 0.25) is 5.91 Å². The van der Waals surface area contributed by atoms with Crippen molar-refractivity contribution in [3.05, 3.63) is 0 Å². The van der Waals surface area contributed by atoms with E-state index in [-0.39, 0.29) is 4.99 Å². The van der Waals surface area contributed by atoms with Gasteiger partial charge in [-0.15, -0.1) is 0 Å². The zero-order chi connectivity index (χ0) is 20.4. The number of carbonyl (C=O) groups is 4. The number of aliphatic carboxylic acids is 1. The molecule has 0 aromatic heterocycles. The number of hydrogen-bond donors (Lipinski definition) is 9. The molecule has 11 N–H and O–H groups in total. The topological polar surface area (TPSA) is 229 Å². The first kappa shape index (κ1) is 23.4. The van der Waals surface area contributed by atoms with E-state index in [2.05, 4.69) is 16.2 Å². The number of amides is 4. The van der Waals surface area contributed by atoms with E-state index in [1.165, 1.54) is 0 Å². The smallest absolute Gasteiger partial charge is 0.328 e. The third-order valence-corrected chi connectivity index (χ3v) is 3.29. The van der Waals surface area contributed by atoms with Crippen molar-refractivity contribution in [2.45, 2.75) is 37.6 Å². The van der Waals surface area contributed by atoms with Gasteiger partial charge in [0.15, 0.2) is 6.04 Å². The van der Waals surface area contributed by atoms with Crippen LogP contribution in [0.2, 0.25) is 0 Å². The Labute approximate surface area is 153 Å². The molecule has 0 aromatic rings. The minimum Gasteiger partial charge on any atom is -0.480 e. The number of thiocarbonyl (C=S) groups is 1. The van der Waals surface area contributed by atoms with Crippen LogP contribution in [0, 0.1) is 0 Å². The molecular formula is C12H22N6O7S. The van der Waals surface area contributed by atoms with Crippen molar-refractivity contribution in [2.75, 3.05) is 6.61 Å². The number of hydrogen-bond acceptors (Lipinski definition) is 8. The van der Waals surface area contributed by atoms with Crippen LogP contribution in [-0.4, -0.2) is 75.0 Å². The van der Waals surface area contributed by atoms with Gasteiger partial charge in [0.05, 0.1) is 25.2 Å². The van der Waals surface area contributed by atoms with Crippen molar-refractivity contribution in [1.82, 2.24) is 21.5 Å². The number of carbonyl (C=O) groups excluding carboxylic acids is 3. The minimum atomic E-state index is -1.60. The lowest BCUT2D eigenvalue weighted by Gasteiger charge is -2.23. The number of nitrogens with one attached hydrogen (secondary N) is 4. The molecule has 14 heteroatoms. The predicted octanol–water partition coefficient (Wildman–Crippen LogP) is -4.37. The first-order valence-corrected chi connectivity index (χ1v) is 7.62. The van der Waals surface area contributed by atoms with Crippen LogP contribution in [0.25, 0.3) is 0 Å². The van der Waals surface area contributed by atoms with Gasteiger partial charge in [-0.25, -0.2) is 9.59 Å². The number of hydrazine groups is 1. The van der Waals surface area contributed by atoms with Crippen LogP contribution in [0.5, 0.6) is 0 Å². The van der Waals surface area contributed by atoms with Crippen LogP contribution >= 0.6 is 12.2 Å². The van der Waals surface area contributed by atoms with Crippen molar-refractivity contribution in [3.8, 4) is 0 Å². The second kappa shape index (κ2) is 11.1. The molecule has 26 heavy (non-hydrogen) atoms. The molecule has 0 bridgehead atoms. The molecule has 0 aliphatic carbocycles. The molecule has 0 rings (SSSR count). The average Bonchev–Trinajstić information content (AvgIpc) is 2.54. The Kier molecular flexibility index (Phi) is 10.0. The molecule has 0 heterocycles. The number of aliphatic hydroxyl groups excluding tert-OH is 2. The van der Waals surface area contributed by atoms with Gasteiger partial charge >= 0.3 is 12.0 Å². The van der Waals surface area contributed by atoms with Crippen LogP contribution in [0.15, 0.2) is 0 Å². The van der Waals surface area contributed by atoms with Crippen LogP contribution in [0.4, 0.5) is 4.79 Å². The average molecular weight is 394 g/mol. The zero-order valence-corrected chi connectivity index (χ0v) is 14.6. The molecule has 4 atom stereocenters. The molecule has 0 aromatic carbocycles. The lowest BCUT2D eigenvalue weighted by Crippen LogP contribution is -2.58. The third-order valence-electron chi connectivity index (χ3n) is 2.90. The van der Waals surface area contributed by atoms with Gasteiger partial charge < -0.3 is 37.4 Å². The second-order valence-electron chi connectivity index (χ2n) is 5.16. The molecule has 0 radical (unpaired) electrons. The fraction of sp³-hybridized carbons (Fsp3) is 0.583. The summed E-state index contributed by atoms with van der Waals surface area (Å²) in [4.78, 5) is 45.1. The zero-order valence-electron chi connectivity index (χ0n) is 13.8. The maximum Gasteiger partial charge on any atom is 0.328 e. The maximum atomic E-state index is 11.9. The van der Waals surface area contributed by atoms with Crippen LogP contribution < -0.4 is 33.0 Å². The highest BCUT2D eigenvalue weighted by Crippen LogP contribution is 1.97. The Morgan fingerprint density at radius 2 is 1.73 bits per heavy atom. The summed E-state index contributed by atoms with van der Waals surface area (Å²) >= 11 is 4.93. The largest absolute Gasteiger partial charge is 0.480 e. The molecule has 0 saturated heterocycles. The Morgan fingerprint density at radius 1 is 1.15 bits per heavy atom. The van der Waals surface area contributed by atoms with Crippen LogP contribution in [-0.2, 0) is 14.4 Å². The van der Waals surface area contributed by atoms with E-state index >= 15 is 0 Å². The number of nitrogens with two attached hydrogens (primary N) is 2. The molecule has 148 valence electrons. The molecule has 0 aliphatic heterocycles. The van der Waals surface area contributed by atoms with E-state index in [1.807, 2.05) is 5.32 Å². The van der Waals surface area contributed by atoms with Crippen molar-refractivity contribution in [1.29, 1.82) is 0 Å². The van der Waals surface area contributed by atoms with Crippen molar-refractivity contribution in [3.63, 3.8) is 0 Å². The highest BCUT2D eigenvalue weighted by Gasteiger charge is 2.27. The van der Waals surface area contributed by atoms with Crippen LogP contribution in [0.3, 0.4) is 0 Å². The second-order valence-corrected chi connectivity index (χ2v) is 5.60. The highest BCUT2D eigenvalue weighted by molar-refractivity contribution is 7.80. The van der Waals surface area contributed by atoms with Gasteiger partial charge in [-0.3, -0.25) is 20.4 Å². The number of rotatable bonds is 9. The number of primary amides is 1. The minimum absolute atomic E-state index is 0.235. The highest BCUT2D eigenvalue weighted by atomic mass is 32.1. The van der Waals surface area contributed by atoms with Gasteiger partial charge in [0.25, 0.3) is 5.91 Å². The van der Waals surface area contributed by atoms with Gasteiger partial charge in [-0.1, -0.05) is 12.2 Å². The van der Waals surface area contributed by atoms with Crippen molar-refractivity contribution < 1.29 is 34.5 Å². The van der Waals surface area contributed by atoms with E-state index in [1.54, 1.807) is 0 Å². The standard InChI is InChI=1S/C12H22N6O7S/c1-4(20)8(11(23)24)16-12(25)15-6(2-7(14)21)10(26)18-17-9(22)5(13)3-19/h4-6,8,19-20H,2-3,13H2,1H3,(H2,14,21)(H,17,22)(H,18,26)(H,23,24)(H2,15,16,25)/t4?,5-,6-,8-/m0/s1. The van der Waals surface area contributed by atoms with E-state index in [0.717, 1.165) is 6.92 Å². The van der Waals surface area contributed by atoms with E-state index in [4.69, 9.17) is 33.9 Å². The molecule has 0 aliphatic rings. The van der Waals surface area contributed by atoms with Gasteiger partial charge in [0, 0.05) is 0 Å². The Hall–Kier alpha value is -2.55. The number of urea groups is 1. The van der Waals surface area contributed by atoms with Gasteiger partial charge in [-0.2, -0.15) is 0 Å². The van der Waals surface area contributed by atoms with E-state index < -0.39 is 61.1 Å². The summed E-state index contributed by atoms with van der Waals surface area (Å²) in [6.45, 7) is 0.535. The summed E-state index contributed by atoms with van der Waals surface area (Å²) in [6, 6.07) is -5.07.